The molecule has 1 unspecified atom stereocenters. The Balaban J connectivity index is 1.45. The smallest absolute Gasteiger partial charge is 0.261 e. The minimum absolute atomic E-state index is 0.122. The predicted octanol–water partition coefficient (Wildman–Crippen LogP) is 6.47. The maximum Gasteiger partial charge on any atom is 0.261 e. The first-order valence-electron chi connectivity index (χ1n) is 11.9. The van der Waals surface area contributed by atoms with Crippen LogP contribution in [0.25, 0.3) is 0 Å². The van der Waals surface area contributed by atoms with Gasteiger partial charge in [0, 0.05) is 29.5 Å². The largest absolute Gasteiger partial charge is 0.378 e. The van der Waals surface area contributed by atoms with Gasteiger partial charge in [-0.05, 0) is 78.8 Å². The van der Waals surface area contributed by atoms with Gasteiger partial charge in [-0.15, -0.1) is 0 Å². The fraction of sp³-hybridized carbons (Fsp3) is 0.357. The number of benzene rings is 3. The van der Waals surface area contributed by atoms with E-state index in [1.165, 1.54) is 11.1 Å². The first kappa shape index (κ1) is 22.9. The van der Waals surface area contributed by atoms with Crippen LogP contribution in [0.3, 0.4) is 0 Å². The normalized spacial score (nSPS) is 21.6. The molecule has 2 aliphatic rings. The van der Waals surface area contributed by atoms with Crippen LogP contribution < -0.4 is 10.0 Å². The maximum atomic E-state index is 13.2. The lowest BCUT2D eigenvalue weighted by molar-refractivity contribution is 0.0827. The summed E-state index contributed by atoms with van der Waals surface area (Å²) in [6.45, 7) is 9.06. The monoisotopic (exact) mass is 476 g/mol. The average Bonchev–Trinajstić information content (AvgIpc) is 3.31. The Kier molecular flexibility index (Phi) is 5.90. The molecular weight excluding hydrogens is 444 g/mol. The standard InChI is InChI=1S/C28H32N2O3S/c1-17(2)20-6-8-21(9-7-20)27-24-13-14-33-28(24)25-16-23(11-12-26(25)29-27)34(31,32)30-22-10-5-18(3)19(4)15-22/h5-12,15-17,24,27-30H,13-14H2,1-4H3/t24-,27?,28-/m0/s1. The molecule has 0 aromatic heterocycles. The molecule has 1 fully saturated rings. The Bertz CT molecular complexity index is 1320. The van der Waals surface area contributed by atoms with Gasteiger partial charge in [0.25, 0.3) is 10.0 Å². The van der Waals surface area contributed by atoms with Gasteiger partial charge in [-0.1, -0.05) is 44.2 Å². The van der Waals surface area contributed by atoms with Crippen LogP contribution in [-0.2, 0) is 14.8 Å². The molecule has 3 aromatic rings. The minimum atomic E-state index is -3.72. The van der Waals surface area contributed by atoms with Crippen molar-refractivity contribution in [1.82, 2.24) is 0 Å². The highest BCUT2D eigenvalue weighted by Gasteiger charge is 2.42. The van der Waals surface area contributed by atoms with Gasteiger partial charge in [0.2, 0.25) is 0 Å². The van der Waals surface area contributed by atoms with E-state index in [1.54, 1.807) is 18.2 Å². The van der Waals surface area contributed by atoms with Gasteiger partial charge in [0.15, 0.2) is 0 Å². The van der Waals surface area contributed by atoms with Crippen molar-refractivity contribution in [2.75, 3.05) is 16.6 Å². The van der Waals surface area contributed by atoms with Crippen LogP contribution in [0.2, 0.25) is 0 Å². The van der Waals surface area contributed by atoms with Gasteiger partial charge in [-0.3, -0.25) is 4.72 Å². The quantitative estimate of drug-likeness (QED) is 0.443. The second-order valence-electron chi connectivity index (χ2n) is 9.84. The van der Waals surface area contributed by atoms with E-state index in [0.717, 1.165) is 28.8 Å². The lowest BCUT2D eigenvalue weighted by atomic mass is 9.80. The number of rotatable bonds is 5. The van der Waals surface area contributed by atoms with Gasteiger partial charge in [-0.25, -0.2) is 8.42 Å². The molecule has 5 rings (SSSR count). The van der Waals surface area contributed by atoms with E-state index in [2.05, 4.69) is 48.2 Å². The Morgan fingerprint density at radius 1 is 0.971 bits per heavy atom. The highest BCUT2D eigenvalue weighted by Crippen LogP contribution is 2.50. The summed E-state index contributed by atoms with van der Waals surface area (Å²) in [5, 5.41) is 3.68. The second kappa shape index (κ2) is 8.75. The molecule has 3 aromatic carbocycles. The second-order valence-corrected chi connectivity index (χ2v) is 11.5. The van der Waals surface area contributed by atoms with E-state index in [1.807, 2.05) is 32.0 Å². The summed E-state index contributed by atoms with van der Waals surface area (Å²) < 4.78 is 35.2. The number of hydrogen-bond donors (Lipinski definition) is 2. The summed E-state index contributed by atoms with van der Waals surface area (Å²) in [4.78, 5) is 0.250. The van der Waals surface area contributed by atoms with E-state index in [4.69, 9.17) is 4.74 Å². The maximum absolute atomic E-state index is 13.2. The van der Waals surface area contributed by atoms with Crippen LogP contribution in [0.1, 0.15) is 66.1 Å². The number of sulfonamides is 1. The zero-order valence-electron chi connectivity index (χ0n) is 20.1. The zero-order valence-corrected chi connectivity index (χ0v) is 20.9. The zero-order chi connectivity index (χ0) is 24.0. The van der Waals surface area contributed by atoms with Crippen molar-refractivity contribution in [2.24, 2.45) is 5.92 Å². The third kappa shape index (κ3) is 4.21. The third-order valence-corrected chi connectivity index (χ3v) is 8.62. The van der Waals surface area contributed by atoms with Crippen molar-refractivity contribution in [2.45, 2.75) is 57.1 Å². The summed E-state index contributed by atoms with van der Waals surface area (Å²) in [6.07, 6.45) is 0.814. The summed E-state index contributed by atoms with van der Waals surface area (Å²) in [7, 11) is -3.72. The number of nitrogens with one attached hydrogen (secondary N) is 2. The molecule has 6 heteroatoms. The fourth-order valence-electron chi connectivity index (χ4n) is 5.06. The van der Waals surface area contributed by atoms with Crippen LogP contribution in [0.4, 0.5) is 11.4 Å². The SMILES string of the molecule is Cc1ccc(NS(=O)(=O)c2ccc3c(c2)[C@H]2OCC[C@H]2C(c2ccc(C(C)C)cc2)N3)cc1C. The Morgan fingerprint density at radius 2 is 1.74 bits per heavy atom. The van der Waals surface area contributed by atoms with E-state index >= 15 is 0 Å². The molecule has 34 heavy (non-hydrogen) atoms. The molecular formula is C28H32N2O3S. The van der Waals surface area contributed by atoms with Gasteiger partial charge >= 0.3 is 0 Å². The summed E-state index contributed by atoms with van der Waals surface area (Å²) >= 11 is 0. The number of hydrogen-bond acceptors (Lipinski definition) is 4. The van der Waals surface area contributed by atoms with E-state index in [-0.39, 0.29) is 23.0 Å². The molecule has 2 N–H and O–H groups in total. The van der Waals surface area contributed by atoms with Gasteiger partial charge in [0.1, 0.15) is 0 Å². The molecule has 0 radical (unpaired) electrons. The molecule has 0 aliphatic carbocycles. The van der Waals surface area contributed by atoms with Crippen LogP contribution in [-0.4, -0.2) is 15.0 Å². The van der Waals surface area contributed by atoms with Crippen molar-refractivity contribution in [3.63, 3.8) is 0 Å². The van der Waals surface area contributed by atoms with Crippen LogP contribution in [0, 0.1) is 19.8 Å². The van der Waals surface area contributed by atoms with Crippen molar-refractivity contribution < 1.29 is 13.2 Å². The Hall–Kier alpha value is -2.83. The highest BCUT2D eigenvalue weighted by molar-refractivity contribution is 7.92. The van der Waals surface area contributed by atoms with Crippen molar-refractivity contribution >= 4 is 21.4 Å². The fourth-order valence-corrected chi connectivity index (χ4v) is 6.14. The van der Waals surface area contributed by atoms with Gasteiger partial charge < -0.3 is 10.1 Å². The number of fused-ring (bicyclic) bond motifs is 3. The first-order chi connectivity index (χ1) is 16.2. The van der Waals surface area contributed by atoms with E-state index in [9.17, 15) is 8.42 Å². The molecule has 0 bridgehead atoms. The lowest BCUT2D eigenvalue weighted by Gasteiger charge is -2.36. The van der Waals surface area contributed by atoms with Crippen LogP contribution >= 0.6 is 0 Å². The summed E-state index contributed by atoms with van der Waals surface area (Å²) in [5.74, 6) is 0.748. The Morgan fingerprint density at radius 3 is 2.44 bits per heavy atom. The molecule has 0 amide bonds. The number of aryl methyl sites for hydroxylation is 2. The van der Waals surface area contributed by atoms with Crippen LogP contribution in [0.15, 0.2) is 65.6 Å². The molecule has 2 aliphatic heterocycles. The Labute approximate surface area is 202 Å². The highest BCUT2D eigenvalue weighted by atomic mass is 32.2. The average molecular weight is 477 g/mol. The molecule has 0 saturated carbocycles. The minimum Gasteiger partial charge on any atom is -0.378 e. The molecule has 3 atom stereocenters. The molecule has 178 valence electrons. The van der Waals surface area contributed by atoms with Crippen molar-refractivity contribution in [3.8, 4) is 0 Å². The molecule has 2 heterocycles. The van der Waals surface area contributed by atoms with Gasteiger partial charge in [0.05, 0.1) is 17.0 Å². The van der Waals surface area contributed by atoms with Crippen LogP contribution in [0.5, 0.6) is 0 Å². The molecule has 0 spiro atoms. The molecule has 5 nitrogen and oxygen atoms in total. The number of ether oxygens (including phenoxy) is 1. The van der Waals surface area contributed by atoms with E-state index in [0.29, 0.717) is 18.2 Å². The summed E-state index contributed by atoms with van der Waals surface area (Å²) in [6, 6.07) is 19.9. The van der Waals surface area contributed by atoms with Gasteiger partial charge in [-0.2, -0.15) is 0 Å². The lowest BCUT2D eigenvalue weighted by Crippen LogP contribution is -2.29. The summed E-state index contributed by atoms with van der Waals surface area (Å²) in [5.41, 5.74) is 7.16. The predicted molar refractivity (Wildman–Crippen MR) is 137 cm³/mol. The van der Waals surface area contributed by atoms with Crippen molar-refractivity contribution in [1.29, 1.82) is 0 Å². The number of anilines is 2. The third-order valence-electron chi connectivity index (χ3n) is 7.24. The molecule has 1 saturated heterocycles. The topological polar surface area (TPSA) is 67.4 Å². The first-order valence-corrected chi connectivity index (χ1v) is 13.4. The van der Waals surface area contributed by atoms with Crippen molar-refractivity contribution in [3.05, 3.63) is 88.5 Å². The van der Waals surface area contributed by atoms with E-state index < -0.39 is 10.0 Å².